The van der Waals surface area contributed by atoms with Crippen LogP contribution in [0.4, 0.5) is 5.69 Å². The quantitative estimate of drug-likeness (QED) is 0.557. The van der Waals surface area contributed by atoms with Crippen LogP contribution in [-0.2, 0) is 9.09 Å². The Balaban J connectivity index is 2.38. The van der Waals surface area contributed by atoms with Gasteiger partial charge in [-0.05, 0) is 43.2 Å². The van der Waals surface area contributed by atoms with Crippen molar-refractivity contribution >= 4 is 18.4 Å². The van der Waals surface area contributed by atoms with Gasteiger partial charge in [-0.2, -0.15) is 0 Å². The van der Waals surface area contributed by atoms with Crippen LogP contribution < -0.4 is 10.2 Å². The van der Waals surface area contributed by atoms with Gasteiger partial charge in [0.1, 0.15) is 0 Å². The van der Waals surface area contributed by atoms with E-state index in [1.165, 1.54) is 0 Å². The molecule has 0 radical (unpaired) electrons. The van der Waals surface area contributed by atoms with Gasteiger partial charge in [-0.15, -0.1) is 0 Å². The maximum atomic E-state index is 13.7. The maximum Gasteiger partial charge on any atom is 0.264 e. The van der Waals surface area contributed by atoms with E-state index >= 15 is 0 Å². The van der Waals surface area contributed by atoms with Crippen LogP contribution in [0.1, 0.15) is 36.7 Å². The topological polar surface area (TPSA) is 49.8 Å². The van der Waals surface area contributed by atoms with Gasteiger partial charge in [-0.3, -0.25) is 4.57 Å². The van der Waals surface area contributed by atoms with Crippen LogP contribution in [0.25, 0.3) is 0 Å². The number of nitrogens with zero attached hydrogens (tertiary/aromatic N) is 1. The molecule has 0 saturated heterocycles. The van der Waals surface area contributed by atoms with Gasteiger partial charge in [0, 0.05) is 25.1 Å². The first-order valence-corrected chi connectivity index (χ1v) is 10.3. The van der Waals surface area contributed by atoms with Crippen molar-refractivity contribution in [3.63, 3.8) is 0 Å². The summed E-state index contributed by atoms with van der Waals surface area (Å²) in [6.45, 7) is 4.40. The fourth-order valence-corrected chi connectivity index (χ4v) is 4.63. The summed E-state index contributed by atoms with van der Waals surface area (Å²) >= 11 is 0. The van der Waals surface area contributed by atoms with Gasteiger partial charge in [0.25, 0.3) is 7.37 Å². The lowest BCUT2D eigenvalue weighted by molar-refractivity contribution is 0.213. The Morgan fingerprint density at radius 1 is 1.08 bits per heavy atom. The fourth-order valence-electron chi connectivity index (χ4n) is 2.52. The summed E-state index contributed by atoms with van der Waals surface area (Å²) in [5, 5.41) is 11.4. The monoisotopic (exact) mass is 361 g/mol. The largest absolute Gasteiger partial charge is 0.378 e. The molecule has 1 N–H and O–H groups in total. The van der Waals surface area contributed by atoms with E-state index in [0.29, 0.717) is 17.5 Å². The summed E-state index contributed by atoms with van der Waals surface area (Å²) in [5.41, 5.74) is 2.71. The first-order valence-electron chi connectivity index (χ1n) is 8.65. The average Bonchev–Trinajstić information content (AvgIpc) is 2.62. The van der Waals surface area contributed by atoms with E-state index in [9.17, 15) is 9.67 Å². The summed E-state index contributed by atoms with van der Waals surface area (Å²) in [6.07, 6.45) is 1.75. The molecule has 0 unspecified atom stereocenters. The predicted octanol–water partition coefficient (Wildman–Crippen LogP) is 4.47. The minimum atomic E-state index is -3.44. The van der Waals surface area contributed by atoms with Crippen LogP contribution >= 0.6 is 7.37 Å². The van der Waals surface area contributed by atoms with Crippen molar-refractivity contribution in [2.24, 2.45) is 0 Å². The normalized spacial score (nSPS) is 14.8. The third kappa shape index (κ3) is 4.72. The Morgan fingerprint density at radius 3 is 2.20 bits per heavy atom. The van der Waals surface area contributed by atoms with Gasteiger partial charge in [-0.1, -0.05) is 43.2 Å². The minimum Gasteiger partial charge on any atom is -0.378 e. The number of hydrogen-bond acceptors (Lipinski definition) is 4. The molecule has 0 saturated carbocycles. The molecule has 0 amide bonds. The Labute approximate surface area is 150 Å². The summed E-state index contributed by atoms with van der Waals surface area (Å²) < 4.78 is 19.5. The van der Waals surface area contributed by atoms with Crippen LogP contribution in [-0.4, -0.2) is 25.8 Å². The summed E-state index contributed by atoms with van der Waals surface area (Å²) in [7, 11) is 0.461. The molecule has 4 nitrogen and oxygen atoms in total. The summed E-state index contributed by atoms with van der Waals surface area (Å²) in [6, 6.07) is 14.8. The lowest BCUT2D eigenvalue weighted by atomic mass is 10.2. The molecule has 0 fully saturated rings. The van der Waals surface area contributed by atoms with Crippen molar-refractivity contribution in [2.45, 2.75) is 32.5 Å². The Morgan fingerprint density at radius 2 is 1.68 bits per heavy atom. The second kappa shape index (κ2) is 8.66. The van der Waals surface area contributed by atoms with Gasteiger partial charge < -0.3 is 14.5 Å². The van der Waals surface area contributed by atoms with E-state index in [1.807, 2.05) is 62.3 Å². The molecular formula is C20H28NO3P. The molecule has 2 aromatic rings. The molecule has 0 aromatic heterocycles. The van der Waals surface area contributed by atoms with E-state index in [2.05, 4.69) is 6.92 Å². The van der Waals surface area contributed by atoms with E-state index in [1.54, 1.807) is 12.1 Å². The van der Waals surface area contributed by atoms with Gasteiger partial charge in [-0.25, -0.2) is 0 Å². The Hall–Kier alpha value is -1.61. The van der Waals surface area contributed by atoms with Crippen molar-refractivity contribution in [2.75, 3.05) is 25.6 Å². The zero-order chi connectivity index (χ0) is 18.4. The Bertz CT molecular complexity index is 711. The first kappa shape index (κ1) is 19.7. The highest BCUT2D eigenvalue weighted by Gasteiger charge is 2.36. The molecular weight excluding hydrogens is 333 g/mol. The number of aliphatic hydroxyl groups excluding tert-OH is 1. The van der Waals surface area contributed by atoms with E-state index in [-0.39, 0.29) is 0 Å². The fraction of sp³-hybridized carbons (Fsp3) is 0.400. The molecule has 5 heteroatoms. The van der Waals surface area contributed by atoms with Crippen molar-refractivity contribution in [1.82, 2.24) is 0 Å². The zero-order valence-electron chi connectivity index (χ0n) is 15.5. The van der Waals surface area contributed by atoms with Gasteiger partial charge in [0.05, 0.1) is 6.61 Å². The van der Waals surface area contributed by atoms with Crippen molar-refractivity contribution in [3.8, 4) is 0 Å². The summed E-state index contributed by atoms with van der Waals surface area (Å²) in [4.78, 5) is 1.98. The lowest BCUT2D eigenvalue weighted by Gasteiger charge is -2.25. The molecule has 2 rings (SSSR count). The summed E-state index contributed by atoms with van der Waals surface area (Å²) in [5.74, 6) is -1.17. The molecule has 0 bridgehead atoms. The molecule has 2 atom stereocenters. The third-order valence-corrected chi connectivity index (χ3v) is 6.73. The zero-order valence-corrected chi connectivity index (χ0v) is 16.4. The van der Waals surface area contributed by atoms with Crippen LogP contribution in [0.5, 0.6) is 0 Å². The SMILES string of the molecule is CCCCO[P@@](=O)(c1ccc(N(C)C)cc1)[C@@H](O)c1ccc(C)cc1. The number of hydrogen-bond donors (Lipinski definition) is 1. The number of benzene rings is 2. The highest BCUT2D eigenvalue weighted by molar-refractivity contribution is 7.67. The number of rotatable bonds is 8. The highest BCUT2D eigenvalue weighted by atomic mass is 31.2. The minimum absolute atomic E-state index is 0.367. The average molecular weight is 361 g/mol. The standard InChI is InChI=1S/C20H28NO3P/c1-5-6-15-24-25(23,19-13-11-18(12-14-19)21(3)4)20(22)17-9-7-16(2)8-10-17/h7-14,20,22H,5-6,15H2,1-4H3/t20-,25+/m1/s1. The first-order chi connectivity index (χ1) is 11.9. The van der Waals surface area contributed by atoms with Gasteiger partial charge >= 0.3 is 0 Å². The number of aryl methyl sites for hydroxylation is 1. The molecule has 0 aliphatic heterocycles. The number of unbranched alkanes of at least 4 members (excludes halogenated alkanes) is 1. The number of aliphatic hydroxyl groups is 1. The van der Waals surface area contributed by atoms with Gasteiger partial charge in [0.2, 0.25) is 0 Å². The lowest BCUT2D eigenvalue weighted by Crippen LogP contribution is -2.16. The number of anilines is 1. The van der Waals surface area contributed by atoms with Crippen LogP contribution in [0.3, 0.4) is 0 Å². The second-order valence-corrected chi connectivity index (χ2v) is 8.94. The molecule has 0 aliphatic rings. The van der Waals surface area contributed by atoms with Crippen LogP contribution in [0.2, 0.25) is 0 Å². The molecule has 0 heterocycles. The van der Waals surface area contributed by atoms with Crippen molar-refractivity contribution in [1.29, 1.82) is 0 Å². The van der Waals surface area contributed by atoms with Crippen molar-refractivity contribution in [3.05, 3.63) is 59.7 Å². The molecule has 0 spiro atoms. The molecule has 25 heavy (non-hydrogen) atoms. The second-order valence-electron chi connectivity index (χ2n) is 6.48. The van der Waals surface area contributed by atoms with E-state index in [0.717, 1.165) is 24.1 Å². The molecule has 2 aromatic carbocycles. The van der Waals surface area contributed by atoms with Crippen molar-refractivity contribution < 1.29 is 14.2 Å². The van der Waals surface area contributed by atoms with Crippen LogP contribution in [0.15, 0.2) is 48.5 Å². The van der Waals surface area contributed by atoms with Crippen LogP contribution in [0, 0.1) is 6.92 Å². The maximum absolute atomic E-state index is 13.7. The van der Waals surface area contributed by atoms with E-state index in [4.69, 9.17) is 4.52 Å². The predicted molar refractivity (Wildman–Crippen MR) is 105 cm³/mol. The third-order valence-electron chi connectivity index (χ3n) is 4.20. The highest BCUT2D eigenvalue weighted by Crippen LogP contribution is 2.57. The van der Waals surface area contributed by atoms with E-state index < -0.39 is 13.2 Å². The Kier molecular flexibility index (Phi) is 6.83. The molecule has 136 valence electrons. The molecule has 0 aliphatic carbocycles. The smallest absolute Gasteiger partial charge is 0.264 e. The van der Waals surface area contributed by atoms with Gasteiger partial charge in [0.15, 0.2) is 5.85 Å².